The third kappa shape index (κ3) is 4.44. The summed E-state index contributed by atoms with van der Waals surface area (Å²) in [5, 5.41) is 8.90. The topological polar surface area (TPSA) is 102 Å². The van der Waals surface area contributed by atoms with Gasteiger partial charge < -0.3 is 0 Å². The summed E-state index contributed by atoms with van der Waals surface area (Å²) in [6, 6.07) is 10.8. The minimum Gasteiger partial charge on any atom is -0.267 e. The number of nitrogens with two attached hydrogens (primary N) is 1. The molecule has 0 aliphatic heterocycles. The van der Waals surface area contributed by atoms with Crippen LogP contribution in [-0.2, 0) is 10.0 Å². The molecule has 0 atom stereocenters. The van der Waals surface area contributed by atoms with Gasteiger partial charge in [0.15, 0.2) is 0 Å². The van der Waals surface area contributed by atoms with Crippen molar-refractivity contribution in [3.63, 3.8) is 0 Å². The Morgan fingerprint density at radius 2 is 1.57 bits per heavy atom. The van der Waals surface area contributed by atoms with Crippen molar-refractivity contribution >= 4 is 21.6 Å². The van der Waals surface area contributed by atoms with Crippen LogP contribution in [-0.4, -0.2) is 20.0 Å². The van der Waals surface area contributed by atoms with Crippen molar-refractivity contribution in [2.24, 2.45) is 10.2 Å². The highest BCUT2D eigenvalue weighted by atomic mass is 32.2. The van der Waals surface area contributed by atoms with E-state index in [2.05, 4.69) is 10.5 Å². The number of carbonyl (C=O) groups is 1. The van der Waals surface area contributed by atoms with Gasteiger partial charge in [-0.3, -0.25) is 4.79 Å². The zero-order valence-electron chi connectivity index (χ0n) is 12.2. The lowest BCUT2D eigenvalue weighted by molar-refractivity contribution is 0.0954. The number of halogens is 1. The highest BCUT2D eigenvalue weighted by molar-refractivity contribution is 7.89. The summed E-state index contributed by atoms with van der Waals surface area (Å²) in [5.41, 5.74) is 3.74. The summed E-state index contributed by atoms with van der Waals surface area (Å²) in [6.07, 6.45) is 0. The molecule has 0 fully saturated rings. The van der Waals surface area contributed by atoms with Gasteiger partial charge in [0.2, 0.25) is 10.0 Å². The Bertz CT molecular complexity index is 845. The number of hydrogen-bond donors (Lipinski definition) is 2. The van der Waals surface area contributed by atoms with E-state index in [0.717, 1.165) is 0 Å². The zero-order chi connectivity index (χ0) is 17.0. The van der Waals surface area contributed by atoms with E-state index in [4.69, 9.17) is 5.14 Å². The highest BCUT2D eigenvalue weighted by Crippen LogP contribution is 2.09. The van der Waals surface area contributed by atoms with Gasteiger partial charge in [0.1, 0.15) is 5.82 Å². The highest BCUT2D eigenvalue weighted by Gasteiger charge is 2.10. The molecule has 6 nitrogen and oxygen atoms in total. The fourth-order valence-electron chi connectivity index (χ4n) is 1.75. The van der Waals surface area contributed by atoms with Crippen LogP contribution in [0.5, 0.6) is 0 Å². The largest absolute Gasteiger partial charge is 0.271 e. The SMILES string of the molecule is C/C(=N/NC(=O)c1ccc(S(N)(=O)=O)cc1)c1ccc(F)cc1. The maximum Gasteiger partial charge on any atom is 0.271 e. The molecule has 0 spiro atoms. The molecule has 0 radical (unpaired) electrons. The molecule has 0 saturated carbocycles. The predicted octanol–water partition coefficient (Wildman–Crippen LogP) is 1.63. The lowest BCUT2D eigenvalue weighted by Gasteiger charge is -2.04. The van der Waals surface area contributed by atoms with Gasteiger partial charge in [-0.15, -0.1) is 0 Å². The molecule has 3 N–H and O–H groups in total. The molecule has 0 bridgehead atoms. The van der Waals surface area contributed by atoms with Crippen molar-refractivity contribution in [1.82, 2.24) is 5.43 Å². The van der Waals surface area contributed by atoms with Gasteiger partial charge >= 0.3 is 0 Å². The number of rotatable bonds is 4. The van der Waals surface area contributed by atoms with Crippen LogP contribution in [0.15, 0.2) is 58.5 Å². The molecule has 1 amide bonds. The van der Waals surface area contributed by atoms with E-state index in [-0.39, 0.29) is 16.3 Å². The van der Waals surface area contributed by atoms with Crippen molar-refractivity contribution in [2.45, 2.75) is 11.8 Å². The molecule has 8 heteroatoms. The van der Waals surface area contributed by atoms with E-state index in [1.165, 1.54) is 36.4 Å². The van der Waals surface area contributed by atoms with E-state index in [1.807, 2.05) is 0 Å². The molecule has 23 heavy (non-hydrogen) atoms. The van der Waals surface area contributed by atoms with E-state index < -0.39 is 15.9 Å². The normalized spacial score (nSPS) is 12.0. The van der Waals surface area contributed by atoms with Crippen LogP contribution in [0.3, 0.4) is 0 Å². The lowest BCUT2D eigenvalue weighted by atomic mass is 10.1. The summed E-state index contributed by atoms with van der Waals surface area (Å²) >= 11 is 0. The molecule has 120 valence electrons. The van der Waals surface area contributed by atoms with Gasteiger partial charge in [0.05, 0.1) is 10.6 Å². The first kappa shape index (κ1) is 16.8. The maximum absolute atomic E-state index is 12.8. The van der Waals surface area contributed by atoms with E-state index in [1.54, 1.807) is 19.1 Å². The van der Waals surface area contributed by atoms with Gasteiger partial charge in [-0.25, -0.2) is 23.4 Å². The predicted molar refractivity (Wildman–Crippen MR) is 83.9 cm³/mol. The second-order valence-corrected chi connectivity index (χ2v) is 6.28. The lowest BCUT2D eigenvalue weighted by Crippen LogP contribution is -2.19. The molecule has 2 aromatic rings. The minimum atomic E-state index is -3.80. The van der Waals surface area contributed by atoms with Crippen LogP contribution in [0.1, 0.15) is 22.8 Å². The van der Waals surface area contributed by atoms with Gasteiger partial charge in [-0.05, 0) is 48.9 Å². The van der Waals surface area contributed by atoms with Crippen molar-refractivity contribution in [2.75, 3.05) is 0 Å². The minimum absolute atomic E-state index is 0.0833. The number of amides is 1. The fraction of sp³-hybridized carbons (Fsp3) is 0.0667. The Morgan fingerprint density at radius 3 is 2.09 bits per heavy atom. The van der Waals surface area contributed by atoms with Gasteiger partial charge in [-0.1, -0.05) is 12.1 Å². The first-order valence-corrected chi connectivity index (χ1v) is 8.05. The van der Waals surface area contributed by atoms with Crippen molar-refractivity contribution < 1.29 is 17.6 Å². The summed E-state index contributed by atoms with van der Waals surface area (Å²) < 4.78 is 35.1. The number of hydrazone groups is 1. The molecule has 0 aromatic heterocycles. The summed E-state index contributed by atoms with van der Waals surface area (Å²) in [6.45, 7) is 1.66. The number of benzene rings is 2. The maximum atomic E-state index is 12.8. The molecular formula is C15H14FN3O3S. The van der Waals surface area contributed by atoms with Crippen LogP contribution in [0.4, 0.5) is 4.39 Å². The number of primary sulfonamides is 1. The average molecular weight is 335 g/mol. The third-order valence-corrected chi connectivity index (χ3v) is 3.96. The molecule has 0 unspecified atom stereocenters. The standard InChI is InChI=1S/C15H14FN3O3S/c1-10(11-2-6-13(16)7-3-11)18-19-15(20)12-4-8-14(9-5-12)23(17,21)22/h2-9H,1H3,(H,19,20)(H2,17,21,22)/b18-10-. The summed E-state index contributed by atoms with van der Waals surface area (Å²) in [4.78, 5) is 11.9. The zero-order valence-corrected chi connectivity index (χ0v) is 13.0. The second-order valence-electron chi connectivity index (χ2n) is 4.71. The van der Waals surface area contributed by atoms with E-state index >= 15 is 0 Å². The van der Waals surface area contributed by atoms with Crippen LogP contribution in [0.25, 0.3) is 0 Å². The van der Waals surface area contributed by atoms with Crippen LogP contribution >= 0.6 is 0 Å². The first-order chi connectivity index (χ1) is 10.8. The Hall–Kier alpha value is -2.58. The van der Waals surface area contributed by atoms with Gasteiger partial charge in [-0.2, -0.15) is 5.10 Å². The molecule has 2 aromatic carbocycles. The molecule has 0 aliphatic carbocycles. The Morgan fingerprint density at radius 1 is 1.04 bits per heavy atom. The smallest absolute Gasteiger partial charge is 0.267 e. The van der Waals surface area contributed by atoms with Crippen LogP contribution in [0, 0.1) is 5.82 Å². The van der Waals surface area contributed by atoms with E-state index in [9.17, 15) is 17.6 Å². The summed E-state index contributed by atoms with van der Waals surface area (Å²) in [7, 11) is -3.80. The molecule has 2 rings (SSSR count). The number of sulfonamides is 1. The second kappa shape index (κ2) is 6.67. The fourth-order valence-corrected chi connectivity index (χ4v) is 2.27. The van der Waals surface area contributed by atoms with Gasteiger partial charge in [0.25, 0.3) is 5.91 Å². The average Bonchev–Trinajstić information content (AvgIpc) is 2.52. The Kier molecular flexibility index (Phi) is 4.87. The quantitative estimate of drug-likeness (QED) is 0.656. The van der Waals surface area contributed by atoms with Crippen LogP contribution < -0.4 is 10.6 Å². The number of carbonyl (C=O) groups excluding carboxylic acids is 1. The Labute approximate surface area is 132 Å². The van der Waals surface area contributed by atoms with E-state index in [0.29, 0.717) is 11.3 Å². The molecule has 0 saturated heterocycles. The van der Waals surface area contributed by atoms with Crippen LogP contribution in [0.2, 0.25) is 0 Å². The van der Waals surface area contributed by atoms with Crippen molar-refractivity contribution in [3.8, 4) is 0 Å². The van der Waals surface area contributed by atoms with Crippen molar-refractivity contribution in [3.05, 3.63) is 65.5 Å². The molecule has 0 heterocycles. The number of nitrogens with zero attached hydrogens (tertiary/aromatic N) is 1. The molecular weight excluding hydrogens is 321 g/mol. The number of nitrogens with one attached hydrogen (secondary N) is 1. The van der Waals surface area contributed by atoms with Crippen molar-refractivity contribution in [1.29, 1.82) is 0 Å². The third-order valence-electron chi connectivity index (χ3n) is 3.03. The van der Waals surface area contributed by atoms with Gasteiger partial charge in [0, 0.05) is 5.56 Å². The number of hydrogen-bond acceptors (Lipinski definition) is 4. The monoisotopic (exact) mass is 335 g/mol. The first-order valence-electron chi connectivity index (χ1n) is 6.51. The molecule has 0 aliphatic rings. The Balaban J connectivity index is 2.09. The summed E-state index contributed by atoms with van der Waals surface area (Å²) in [5.74, 6) is -0.868.